The van der Waals surface area contributed by atoms with Gasteiger partial charge in [-0.3, -0.25) is 48.1 Å². The number of nitrogens with one attached hydrogen (secondary N) is 7. The van der Waals surface area contributed by atoms with Gasteiger partial charge in [0.15, 0.2) is 5.96 Å². The van der Waals surface area contributed by atoms with E-state index in [9.17, 15) is 58.5 Å². The summed E-state index contributed by atoms with van der Waals surface area (Å²) >= 11 is 0. The van der Waals surface area contributed by atoms with Crippen LogP contribution in [0.1, 0.15) is 77.3 Å². The van der Waals surface area contributed by atoms with Crippen LogP contribution < -0.4 is 54.4 Å². The van der Waals surface area contributed by atoms with E-state index < -0.39 is 122 Å². The van der Waals surface area contributed by atoms with Crippen LogP contribution in [0.25, 0.3) is 0 Å². The van der Waals surface area contributed by atoms with Crippen LogP contribution in [0.3, 0.4) is 0 Å². The minimum absolute atomic E-state index is 0.00231. The number of hydrogen-bond donors (Lipinski definition) is 14. The van der Waals surface area contributed by atoms with Crippen molar-refractivity contribution in [3.63, 3.8) is 0 Å². The Kier molecular flexibility index (Phi) is 25.4. The third-order valence-corrected chi connectivity index (χ3v) is 10.4. The van der Waals surface area contributed by atoms with Gasteiger partial charge in [-0.05, 0) is 67.2 Å². The Labute approximate surface area is 405 Å². The fourth-order valence-electron chi connectivity index (χ4n) is 6.86. The monoisotopic (exact) mass is 984 g/mol. The first kappa shape index (κ1) is 58.8. The molecule has 2 rings (SSSR count). The van der Waals surface area contributed by atoms with Crippen molar-refractivity contribution in [2.24, 2.45) is 34.0 Å². The summed E-state index contributed by atoms with van der Waals surface area (Å²) < 4.78 is 0. The van der Waals surface area contributed by atoms with E-state index in [-0.39, 0.29) is 68.6 Å². The van der Waals surface area contributed by atoms with E-state index in [0.29, 0.717) is 11.1 Å². The van der Waals surface area contributed by atoms with E-state index >= 15 is 0 Å². The molecule has 0 spiro atoms. The number of nitrogens with two attached hydrogens (primary N) is 3. The maximum Gasteiger partial charge on any atom is 0.322 e. The number of hydrogen-bond acceptors (Lipinski definition) is 13. The topological polar surface area (TPSA) is 409 Å². The van der Waals surface area contributed by atoms with Crippen LogP contribution in [0, 0.1) is 11.8 Å². The molecule has 7 atom stereocenters. The van der Waals surface area contributed by atoms with Crippen molar-refractivity contribution in [2.75, 3.05) is 19.7 Å². The summed E-state index contributed by atoms with van der Waals surface area (Å²) in [5.41, 5.74) is 17.7. The molecule has 0 heterocycles. The predicted molar refractivity (Wildman–Crippen MR) is 255 cm³/mol. The first-order chi connectivity index (χ1) is 33.0. The Hall–Kier alpha value is -7.34. The lowest BCUT2D eigenvalue weighted by molar-refractivity contribution is -0.140. The predicted octanol–water partition coefficient (Wildman–Crippen LogP) is -2.38. The van der Waals surface area contributed by atoms with E-state index in [4.69, 9.17) is 22.3 Å². The minimum Gasteiger partial charge on any atom is -0.508 e. The highest BCUT2D eigenvalue weighted by molar-refractivity contribution is 5.97. The number of aliphatic hydroxyl groups is 1. The van der Waals surface area contributed by atoms with E-state index in [1.54, 1.807) is 58.0 Å². The molecule has 0 saturated heterocycles. The van der Waals surface area contributed by atoms with Crippen molar-refractivity contribution >= 4 is 59.2 Å². The summed E-state index contributed by atoms with van der Waals surface area (Å²) in [6, 6.07) is 4.56. The second-order valence-electron chi connectivity index (χ2n) is 17.5. The molecule has 7 amide bonds. The van der Waals surface area contributed by atoms with Crippen LogP contribution >= 0.6 is 0 Å². The van der Waals surface area contributed by atoms with Crippen molar-refractivity contribution in [3.8, 4) is 5.75 Å². The third kappa shape index (κ3) is 22.6. The highest BCUT2D eigenvalue weighted by Crippen LogP contribution is 2.15. The lowest BCUT2D eigenvalue weighted by Gasteiger charge is -2.28. The van der Waals surface area contributed by atoms with Gasteiger partial charge in [0.1, 0.15) is 54.6 Å². The number of benzene rings is 2. The number of carbonyl (C=O) groups is 9. The average molecular weight is 984 g/mol. The molecule has 0 bridgehead atoms. The molecule has 2 aromatic carbocycles. The van der Waals surface area contributed by atoms with Crippen molar-refractivity contribution < 1.29 is 63.6 Å². The summed E-state index contributed by atoms with van der Waals surface area (Å²) in [6.07, 6.45) is -1.12. The number of phenols is 1. The number of carbonyl (C=O) groups excluding carboxylic acids is 7. The van der Waals surface area contributed by atoms with Crippen molar-refractivity contribution in [3.05, 3.63) is 65.7 Å². The quantitative estimate of drug-likeness (QED) is 0.0213. The molecule has 0 unspecified atom stereocenters. The Balaban J connectivity index is 2.55. The smallest absolute Gasteiger partial charge is 0.322 e. The molecule has 24 nitrogen and oxygen atoms in total. The highest BCUT2D eigenvalue weighted by atomic mass is 16.4. The van der Waals surface area contributed by atoms with Crippen LogP contribution in [-0.4, -0.2) is 142 Å². The molecule has 0 aliphatic heterocycles. The average Bonchev–Trinajstić information content (AvgIpc) is 3.29. The van der Waals surface area contributed by atoms with Crippen LogP contribution in [-0.2, 0) is 56.0 Å². The highest BCUT2D eigenvalue weighted by Gasteiger charge is 2.34. The summed E-state index contributed by atoms with van der Waals surface area (Å²) in [5, 5.41) is 55.4. The van der Waals surface area contributed by atoms with Crippen molar-refractivity contribution in [1.29, 1.82) is 0 Å². The Bertz CT molecular complexity index is 2100. The third-order valence-electron chi connectivity index (χ3n) is 10.4. The molecule has 0 aliphatic carbocycles. The van der Waals surface area contributed by atoms with Crippen molar-refractivity contribution in [1.82, 2.24) is 37.2 Å². The first-order valence-electron chi connectivity index (χ1n) is 22.8. The molecular weight excluding hydrogens is 915 g/mol. The number of rotatable bonds is 31. The number of guanidine groups is 1. The molecule has 386 valence electrons. The van der Waals surface area contributed by atoms with Crippen LogP contribution in [0.2, 0.25) is 0 Å². The van der Waals surface area contributed by atoms with Gasteiger partial charge in [-0.1, -0.05) is 70.2 Å². The normalized spacial score (nSPS) is 14.0. The van der Waals surface area contributed by atoms with Crippen LogP contribution in [0.15, 0.2) is 59.6 Å². The fourth-order valence-corrected chi connectivity index (χ4v) is 6.86. The number of carboxylic acid groups (broad SMARTS) is 2. The maximum atomic E-state index is 14.4. The largest absolute Gasteiger partial charge is 0.508 e. The summed E-state index contributed by atoms with van der Waals surface area (Å²) in [4.78, 5) is 123. The number of aliphatic carboxylic acids is 2. The second kappa shape index (κ2) is 30.2. The van der Waals surface area contributed by atoms with Crippen LogP contribution in [0.4, 0.5) is 0 Å². The van der Waals surface area contributed by atoms with Gasteiger partial charge in [-0.2, -0.15) is 0 Å². The van der Waals surface area contributed by atoms with Gasteiger partial charge in [0.2, 0.25) is 41.4 Å². The molecule has 17 N–H and O–H groups in total. The molecule has 0 saturated carbocycles. The molecule has 24 heteroatoms. The Morgan fingerprint density at radius 2 is 0.986 bits per heavy atom. The number of aromatic hydroxyl groups is 1. The lowest BCUT2D eigenvalue weighted by atomic mass is 9.99. The number of carboxylic acids is 2. The van der Waals surface area contributed by atoms with Gasteiger partial charge in [0.25, 0.3) is 0 Å². The minimum atomic E-state index is -1.54. The van der Waals surface area contributed by atoms with E-state index in [1.807, 2.05) is 0 Å². The van der Waals surface area contributed by atoms with Crippen LogP contribution in [0.5, 0.6) is 5.75 Å². The van der Waals surface area contributed by atoms with Gasteiger partial charge < -0.3 is 74.8 Å². The fraction of sp³-hybridized carbons (Fsp3) is 0.522. The first-order valence-corrected chi connectivity index (χ1v) is 22.8. The van der Waals surface area contributed by atoms with Crippen molar-refractivity contribution in [2.45, 2.75) is 121 Å². The number of aliphatic imine (C=N–C) groups is 1. The number of amides is 7. The van der Waals surface area contributed by atoms with Gasteiger partial charge in [0.05, 0.1) is 6.61 Å². The zero-order valence-electron chi connectivity index (χ0n) is 39.8. The van der Waals surface area contributed by atoms with Gasteiger partial charge >= 0.3 is 11.9 Å². The van der Waals surface area contributed by atoms with E-state index in [1.165, 1.54) is 24.3 Å². The summed E-state index contributed by atoms with van der Waals surface area (Å²) in [6.45, 7) is 5.68. The molecule has 0 radical (unpaired) electrons. The molecular formula is C46H69N11O13. The maximum absolute atomic E-state index is 14.4. The second-order valence-corrected chi connectivity index (χ2v) is 17.5. The van der Waals surface area contributed by atoms with Gasteiger partial charge in [-0.15, -0.1) is 0 Å². The summed E-state index contributed by atoms with van der Waals surface area (Å²) in [7, 11) is 0. The lowest BCUT2D eigenvalue weighted by Crippen LogP contribution is -2.60. The molecule has 0 fully saturated rings. The van der Waals surface area contributed by atoms with Gasteiger partial charge in [0, 0.05) is 25.8 Å². The zero-order chi connectivity index (χ0) is 52.5. The number of aliphatic hydroxyl groups excluding tert-OH is 1. The molecule has 70 heavy (non-hydrogen) atoms. The van der Waals surface area contributed by atoms with E-state index in [2.05, 4.69) is 42.2 Å². The SMILES string of the molecule is CC(C)C[C@H](NC(=O)[C@H](Cc1ccccc1)NC(=O)[C@H](CCCN=C(N)N)NC(=O)[C@H](CC(C)C)NC(=O)[C@@H](N)CO)C(=O)N[C@@H](Cc1ccc(O)cc1)C(=O)N[C@@H](CCC(=O)O)C(=O)NCC(=O)O. The van der Waals surface area contributed by atoms with E-state index in [0.717, 1.165) is 0 Å². The Morgan fingerprint density at radius 1 is 0.557 bits per heavy atom. The molecule has 0 aliphatic rings. The molecule has 2 aromatic rings. The standard InChI is InChI=1S/C46H69N11O13/c1-25(2)19-33(54-39(64)30(47)24-58)42(67)52-31(11-8-18-50-46(48)49)41(66)56-35(21-27-9-6-5-7-10-27)45(70)55-34(20-26(3)4)43(68)57-36(22-28-12-14-29(59)15-13-28)44(69)53-32(16-17-37(60)61)40(65)51-23-38(62)63/h5-7,9-10,12-15,25-26,30-36,58-59H,8,11,16-24,47H2,1-4H3,(H,51,65)(H,52,67)(H,53,69)(H,54,64)(H,55,70)(H,56,66)(H,57,68)(H,60,61)(H,62,63)(H4,48,49,50)/t30-,31-,32-,33-,34-,35-,36-/m0/s1. The summed E-state index contributed by atoms with van der Waals surface area (Å²) in [5.74, 6) is -9.45. The zero-order valence-corrected chi connectivity index (χ0v) is 39.8. The van der Waals surface area contributed by atoms with Gasteiger partial charge in [-0.25, -0.2) is 0 Å². The molecule has 0 aromatic heterocycles. The number of phenolic OH excluding ortho intramolecular Hbond substituents is 1. The number of nitrogens with zero attached hydrogens (tertiary/aromatic N) is 1. The Morgan fingerprint density at radius 3 is 1.44 bits per heavy atom.